The number of aryl methyl sites for hydroxylation is 1. The van der Waals surface area contributed by atoms with E-state index in [1.807, 2.05) is 6.92 Å². The van der Waals surface area contributed by atoms with Gasteiger partial charge in [0, 0.05) is 13.2 Å². The third kappa shape index (κ3) is 4.05. The van der Waals surface area contributed by atoms with Crippen LogP contribution in [0, 0.1) is 0 Å². The molecule has 0 aliphatic heterocycles. The zero-order valence-corrected chi connectivity index (χ0v) is 12.9. The maximum atomic E-state index is 12.1. The number of hydrogen-bond donors (Lipinski definition) is 3. The summed E-state index contributed by atoms with van der Waals surface area (Å²) in [6.07, 6.45) is 2.19. The molecule has 1 amide bonds. The number of sulfonamides is 1. The van der Waals surface area contributed by atoms with Gasteiger partial charge in [-0.05, 0) is 19.5 Å². The Morgan fingerprint density at radius 1 is 1.43 bits per heavy atom. The van der Waals surface area contributed by atoms with Crippen LogP contribution in [0.4, 0.5) is 0 Å². The van der Waals surface area contributed by atoms with Crippen LogP contribution in [0.2, 0.25) is 0 Å². The highest BCUT2D eigenvalue weighted by Crippen LogP contribution is 2.13. The summed E-state index contributed by atoms with van der Waals surface area (Å²) < 4.78 is 26.8. The maximum absolute atomic E-state index is 12.1. The number of nitrogens with zero attached hydrogens (tertiary/aromatic N) is 1. The molecule has 1 heterocycles. The number of carbonyl (C=O) groups excluding carboxylic acids is 1. The Bertz CT molecular complexity index is 635. The minimum absolute atomic E-state index is 0.0555. The van der Waals surface area contributed by atoms with E-state index in [0.29, 0.717) is 12.8 Å². The maximum Gasteiger partial charge on any atom is 0.326 e. The van der Waals surface area contributed by atoms with Crippen LogP contribution >= 0.6 is 0 Å². The molecular weight excluding hydrogens is 298 g/mol. The van der Waals surface area contributed by atoms with Crippen molar-refractivity contribution in [2.24, 2.45) is 7.05 Å². The lowest BCUT2D eigenvalue weighted by Crippen LogP contribution is -2.41. The summed E-state index contributed by atoms with van der Waals surface area (Å²) >= 11 is 0. The molecule has 0 aromatic carbocycles. The summed E-state index contributed by atoms with van der Waals surface area (Å²) in [6, 6.07) is 0.202. The molecule has 0 unspecified atom stereocenters. The van der Waals surface area contributed by atoms with Crippen molar-refractivity contribution in [1.82, 2.24) is 14.6 Å². The smallest absolute Gasteiger partial charge is 0.326 e. The van der Waals surface area contributed by atoms with Crippen LogP contribution in [-0.4, -0.2) is 43.1 Å². The second-order valence-corrected chi connectivity index (χ2v) is 6.42. The molecule has 1 aromatic heterocycles. The Kier molecular flexibility index (Phi) is 5.50. The van der Waals surface area contributed by atoms with Crippen molar-refractivity contribution >= 4 is 21.9 Å². The van der Waals surface area contributed by atoms with Gasteiger partial charge in [0.1, 0.15) is 16.6 Å². The van der Waals surface area contributed by atoms with E-state index in [9.17, 15) is 18.0 Å². The molecule has 8 nitrogen and oxygen atoms in total. The van der Waals surface area contributed by atoms with Crippen LogP contribution in [0.1, 0.15) is 30.3 Å². The molecule has 0 bridgehead atoms. The van der Waals surface area contributed by atoms with E-state index < -0.39 is 27.9 Å². The van der Waals surface area contributed by atoms with Gasteiger partial charge >= 0.3 is 5.97 Å². The molecular formula is C12H19N3O5S. The Labute approximate surface area is 123 Å². The van der Waals surface area contributed by atoms with Crippen molar-refractivity contribution in [3.8, 4) is 0 Å². The molecule has 0 saturated carbocycles. The number of aromatic nitrogens is 1. The van der Waals surface area contributed by atoms with Crippen LogP contribution in [0.5, 0.6) is 0 Å². The Balaban J connectivity index is 3.01. The summed E-state index contributed by atoms with van der Waals surface area (Å²) in [6.45, 7) is 1.81. The van der Waals surface area contributed by atoms with Gasteiger partial charge in [-0.25, -0.2) is 17.9 Å². The SMILES string of the molecule is CCC[C@@H](NC(=O)c1cc(S(=O)(=O)NC)cn1C)C(=O)O. The van der Waals surface area contributed by atoms with E-state index in [4.69, 9.17) is 5.11 Å². The van der Waals surface area contributed by atoms with Crippen molar-refractivity contribution in [2.75, 3.05) is 7.05 Å². The van der Waals surface area contributed by atoms with Crippen molar-refractivity contribution in [2.45, 2.75) is 30.7 Å². The lowest BCUT2D eigenvalue weighted by molar-refractivity contribution is -0.139. The largest absolute Gasteiger partial charge is 0.480 e. The standard InChI is InChI=1S/C12H19N3O5S/c1-4-5-9(12(17)18)14-11(16)10-6-8(7-15(10)3)21(19,20)13-2/h6-7,9,13H,4-5H2,1-3H3,(H,14,16)(H,17,18)/t9-/m1/s1. The number of carbonyl (C=O) groups is 2. The number of nitrogens with one attached hydrogen (secondary N) is 2. The lowest BCUT2D eigenvalue weighted by Gasteiger charge is -2.13. The van der Waals surface area contributed by atoms with E-state index >= 15 is 0 Å². The normalized spacial score (nSPS) is 12.9. The second kappa shape index (κ2) is 6.72. The Hall–Kier alpha value is -1.87. The number of amides is 1. The molecule has 0 spiro atoms. The van der Waals surface area contributed by atoms with Gasteiger partial charge in [-0.2, -0.15) is 0 Å². The van der Waals surface area contributed by atoms with Crippen LogP contribution < -0.4 is 10.0 Å². The molecule has 1 atom stereocenters. The van der Waals surface area contributed by atoms with Crippen LogP contribution in [-0.2, 0) is 21.9 Å². The molecule has 0 fully saturated rings. The van der Waals surface area contributed by atoms with Gasteiger partial charge in [-0.1, -0.05) is 13.3 Å². The average Bonchev–Trinajstić information content (AvgIpc) is 2.81. The Morgan fingerprint density at radius 2 is 2.05 bits per heavy atom. The van der Waals surface area contributed by atoms with Gasteiger partial charge in [0.25, 0.3) is 5.91 Å². The minimum Gasteiger partial charge on any atom is -0.480 e. The first kappa shape index (κ1) is 17.2. The van der Waals surface area contributed by atoms with Gasteiger partial charge in [-0.15, -0.1) is 0 Å². The third-order valence-electron chi connectivity index (χ3n) is 2.97. The average molecular weight is 317 g/mol. The van der Waals surface area contributed by atoms with Crippen LogP contribution in [0.15, 0.2) is 17.2 Å². The predicted octanol–water partition coefficient (Wildman–Crippen LogP) is -0.0837. The predicted molar refractivity (Wildman–Crippen MR) is 75.5 cm³/mol. The van der Waals surface area contributed by atoms with Crippen molar-refractivity contribution in [3.63, 3.8) is 0 Å². The molecule has 3 N–H and O–H groups in total. The third-order valence-corrected chi connectivity index (χ3v) is 4.35. The number of aliphatic carboxylic acids is 1. The molecule has 0 saturated heterocycles. The van der Waals surface area contributed by atoms with Gasteiger partial charge in [0.15, 0.2) is 0 Å². The fourth-order valence-electron chi connectivity index (χ4n) is 1.80. The highest BCUT2D eigenvalue weighted by Gasteiger charge is 2.23. The van der Waals surface area contributed by atoms with Crippen LogP contribution in [0.25, 0.3) is 0 Å². The summed E-state index contributed by atoms with van der Waals surface area (Å²) in [4.78, 5) is 23.0. The molecule has 1 aromatic rings. The minimum atomic E-state index is -3.66. The van der Waals surface area contributed by atoms with Crippen LogP contribution in [0.3, 0.4) is 0 Å². The Morgan fingerprint density at radius 3 is 2.52 bits per heavy atom. The molecule has 118 valence electrons. The number of hydrogen-bond acceptors (Lipinski definition) is 4. The first-order valence-corrected chi connectivity index (χ1v) is 7.84. The first-order chi connectivity index (χ1) is 9.72. The quantitative estimate of drug-likeness (QED) is 0.650. The van der Waals surface area contributed by atoms with E-state index in [0.717, 1.165) is 0 Å². The van der Waals surface area contributed by atoms with Crippen molar-refractivity contribution in [1.29, 1.82) is 0 Å². The van der Waals surface area contributed by atoms with E-state index in [-0.39, 0.29) is 10.6 Å². The zero-order chi connectivity index (χ0) is 16.2. The highest BCUT2D eigenvalue weighted by atomic mass is 32.2. The monoisotopic (exact) mass is 317 g/mol. The van der Waals surface area contributed by atoms with E-state index in [2.05, 4.69) is 10.0 Å². The second-order valence-electron chi connectivity index (χ2n) is 4.53. The van der Waals surface area contributed by atoms with E-state index in [1.165, 1.54) is 30.9 Å². The fraction of sp³-hybridized carbons (Fsp3) is 0.500. The summed E-state index contributed by atoms with van der Waals surface area (Å²) in [5, 5.41) is 11.4. The highest BCUT2D eigenvalue weighted by molar-refractivity contribution is 7.89. The molecule has 0 aliphatic rings. The molecule has 0 aliphatic carbocycles. The molecule has 1 rings (SSSR count). The lowest BCUT2D eigenvalue weighted by atomic mass is 10.1. The fourth-order valence-corrected chi connectivity index (χ4v) is 2.60. The zero-order valence-electron chi connectivity index (χ0n) is 12.1. The molecule has 0 radical (unpaired) electrons. The van der Waals surface area contributed by atoms with E-state index in [1.54, 1.807) is 0 Å². The van der Waals surface area contributed by atoms with Crippen molar-refractivity contribution < 1.29 is 23.1 Å². The summed E-state index contributed by atoms with van der Waals surface area (Å²) in [5.74, 6) is -1.75. The molecule has 9 heteroatoms. The number of carboxylic acid groups (broad SMARTS) is 1. The molecule has 21 heavy (non-hydrogen) atoms. The van der Waals surface area contributed by atoms with Gasteiger partial charge in [0.05, 0.1) is 0 Å². The summed E-state index contributed by atoms with van der Waals surface area (Å²) in [5.41, 5.74) is 0.0752. The van der Waals surface area contributed by atoms with Crippen molar-refractivity contribution in [3.05, 3.63) is 18.0 Å². The van der Waals surface area contributed by atoms with Gasteiger partial charge in [0.2, 0.25) is 10.0 Å². The topological polar surface area (TPSA) is 117 Å². The number of carboxylic acids is 1. The number of rotatable bonds is 7. The first-order valence-electron chi connectivity index (χ1n) is 6.36. The summed E-state index contributed by atoms with van der Waals surface area (Å²) in [7, 11) is -0.875. The van der Waals surface area contributed by atoms with Gasteiger partial charge < -0.3 is 15.0 Å². The van der Waals surface area contributed by atoms with Gasteiger partial charge in [-0.3, -0.25) is 4.79 Å².